The highest BCUT2D eigenvalue weighted by atomic mass is 16.5. The highest BCUT2D eigenvalue weighted by Crippen LogP contribution is 2.36. The molecule has 0 N–H and O–H groups in total. The average Bonchev–Trinajstić information content (AvgIpc) is 3.26. The number of likely N-dealkylation sites (tertiary alicyclic amines) is 1. The molecule has 0 radical (unpaired) electrons. The second-order valence-corrected chi connectivity index (χ2v) is 7.61. The Morgan fingerprint density at radius 1 is 1.19 bits per heavy atom. The number of hydrogen-bond acceptors (Lipinski definition) is 5. The summed E-state index contributed by atoms with van der Waals surface area (Å²) in [6.07, 6.45) is 5.25. The molecule has 1 unspecified atom stereocenters. The number of aromatic nitrogens is 2. The van der Waals surface area contributed by atoms with E-state index in [0.717, 1.165) is 53.2 Å². The lowest BCUT2D eigenvalue weighted by atomic mass is 9.92. The molecule has 1 aromatic carbocycles. The van der Waals surface area contributed by atoms with E-state index in [-0.39, 0.29) is 0 Å². The lowest BCUT2D eigenvalue weighted by molar-refractivity contribution is 0.250. The molecule has 2 aromatic heterocycles. The van der Waals surface area contributed by atoms with Crippen LogP contribution in [-0.4, -0.2) is 41.8 Å². The predicted octanol–water partition coefficient (Wildman–Crippen LogP) is 3.94. The SMILES string of the molecule is Cc1cc2c(cc1-c1cc3occ(C4CCCN(C)C4)c3nn1)CCO2. The van der Waals surface area contributed by atoms with Gasteiger partial charge in [-0.3, -0.25) is 0 Å². The normalized spacial score (nSPS) is 20.3. The Labute approximate surface area is 153 Å². The lowest BCUT2D eigenvalue weighted by Gasteiger charge is -2.28. The van der Waals surface area contributed by atoms with Crippen LogP contribution >= 0.6 is 0 Å². The number of furan rings is 1. The highest BCUT2D eigenvalue weighted by molar-refractivity contribution is 5.81. The van der Waals surface area contributed by atoms with E-state index in [1.165, 1.54) is 30.5 Å². The van der Waals surface area contributed by atoms with Crippen molar-refractivity contribution >= 4 is 11.1 Å². The monoisotopic (exact) mass is 349 g/mol. The molecule has 2 aliphatic heterocycles. The number of ether oxygens (including phenoxy) is 1. The maximum atomic E-state index is 5.89. The van der Waals surface area contributed by atoms with Crippen molar-refractivity contribution in [2.75, 3.05) is 26.7 Å². The van der Waals surface area contributed by atoms with Gasteiger partial charge in [-0.1, -0.05) is 0 Å². The molecular formula is C21H23N3O2. The fraction of sp³-hybridized carbons (Fsp3) is 0.429. The fourth-order valence-corrected chi connectivity index (χ4v) is 4.29. The van der Waals surface area contributed by atoms with Crippen molar-refractivity contribution < 1.29 is 9.15 Å². The van der Waals surface area contributed by atoms with E-state index in [1.807, 2.05) is 12.3 Å². The van der Waals surface area contributed by atoms with E-state index in [0.29, 0.717) is 5.92 Å². The van der Waals surface area contributed by atoms with E-state index in [2.05, 4.69) is 41.2 Å². The first-order valence-electron chi connectivity index (χ1n) is 9.39. The Kier molecular flexibility index (Phi) is 3.71. The molecule has 134 valence electrons. The molecule has 5 heteroatoms. The Bertz CT molecular complexity index is 979. The average molecular weight is 349 g/mol. The van der Waals surface area contributed by atoms with Crippen LogP contribution in [0.25, 0.3) is 22.4 Å². The zero-order chi connectivity index (χ0) is 17.7. The predicted molar refractivity (Wildman–Crippen MR) is 101 cm³/mol. The van der Waals surface area contributed by atoms with Crippen molar-refractivity contribution in [2.24, 2.45) is 0 Å². The van der Waals surface area contributed by atoms with Crippen LogP contribution in [0.15, 0.2) is 28.9 Å². The molecule has 26 heavy (non-hydrogen) atoms. The number of rotatable bonds is 2. The molecule has 1 fully saturated rings. The number of nitrogens with zero attached hydrogens (tertiary/aromatic N) is 3. The second kappa shape index (κ2) is 6.09. The first kappa shape index (κ1) is 15.8. The van der Waals surface area contributed by atoms with Crippen molar-refractivity contribution in [2.45, 2.75) is 32.1 Å². The molecule has 0 bridgehead atoms. The zero-order valence-electron chi connectivity index (χ0n) is 15.3. The first-order chi connectivity index (χ1) is 12.7. The van der Waals surface area contributed by atoms with Gasteiger partial charge >= 0.3 is 0 Å². The number of likely N-dealkylation sites (N-methyl/N-ethyl adjacent to an activating group) is 1. The smallest absolute Gasteiger partial charge is 0.156 e. The minimum absolute atomic E-state index is 0.481. The van der Waals surface area contributed by atoms with Gasteiger partial charge in [-0.2, -0.15) is 0 Å². The van der Waals surface area contributed by atoms with Gasteiger partial charge in [-0.05, 0) is 56.6 Å². The van der Waals surface area contributed by atoms with Crippen LogP contribution in [0.2, 0.25) is 0 Å². The van der Waals surface area contributed by atoms with Crippen molar-refractivity contribution in [1.29, 1.82) is 0 Å². The van der Waals surface area contributed by atoms with E-state index in [4.69, 9.17) is 9.15 Å². The summed E-state index contributed by atoms with van der Waals surface area (Å²) in [5, 5.41) is 9.10. The molecule has 0 amide bonds. The Hall–Kier alpha value is -2.40. The van der Waals surface area contributed by atoms with Crippen LogP contribution in [0, 0.1) is 6.92 Å². The molecule has 1 saturated heterocycles. The van der Waals surface area contributed by atoms with E-state index >= 15 is 0 Å². The topological polar surface area (TPSA) is 51.4 Å². The van der Waals surface area contributed by atoms with Gasteiger partial charge in [-0.15, -0.1) is 10.2 Å². The number of aryl methyl sites for hydroxylation is 1. The quantitative estimate of drug-likeness (QED) is 0.701. The van der Waals surface area contributed by atoms with Crippen LogP contribution in [-0.2, 0) is 6.42 Å². The zero-order valence-corrected chi connectivity index (χ0v) is 15.3. The molecule has 5 rings (SSSR count). The first-order valence-corrected chi connectivity index (χ1v) is 9.39. The van der Waals surface area contributed by atoms with Crippen molar-refractivity contribution in [3.63, 3.8) is 0 Å². The van der Waals surface area contributed by atoms with Gasteiger partial charge in [0, 0.05) is 36.1 Å². The van der Waals surface area contributed by atoms with Crippen molar-refractivity contribution in [3.8, 4) is 17.0 Å². The third-order valence-corrected chi connectivity index (χ3v) is 5.72. The number of piperidine rings is 1. The van der Waals surface area contributed by atoms with Gasteiger partial charge in [-0.25, -0.2) is 0 Å². The second-order valence-electron chi connectivity index (χ2n) is 7.61. The van der Waals surface area contributed by atoms with Crippen LogP contribution in [0.5, 0.6) is 5.75 Å². The summed E-state index contributed by atoms with van der Waals surface area (Å²) in [4.78, 5) is 2.38. The maximum absolute atomic E-state index is 5.89. The summed E-state index contributed by atoms with van der Waals surface area (Å²) < 4.78 is 11.5. The summed E-state index contributed by atoms with van der Waals surface area (Å²) in [6, 6.07) is 6.32. The van der Waals surface area contributed by atoms with Crippen LogP contribution < -0.4 is 4.74 Å². The van der Waals surface area contributed by atoms with Crippen molar-refractivity contribution in [1.82, 2.24) is 15.1 Å². The summed E-state index contributed by atoms with van der Waals surface area (Å²) >= 11 is 0. The Morgan fingerprint density at radius 3 is 3.00 bits per heavy atom. The minimum Gasteiger partial charge on any atom is -0.493 e. The molecule has 0 aliphatic carbocycles. The van der Waals surface area contributed by atoms with E-state index in [9.17, 15) is 0 Å². The molecule has 5 nitrogen and oxygen atoms in total. The Morgan fingerprint density at radius 2 is 2.12 bits per heavy atom. The molecule has 4 heterocycles. The summed E-state index contributed by atoms with van der Waals surface area (Å²) in [6.45, 7) is 5.08. The van der Waals surface area contributed by atoms with Crippen LogP contribution in [0.3, 0.4) is 0 Å². The molecule has 1 atom stereocenters. The van der Waals surface area contributed by atoms with Gasteiger partial charge in [0.25, 0.3) is 0 Å². The fourth-order valence-electron chi connectivity index (χ4n) is 4.29. The van der Waals surface area contributed by atoms with Gasteiger partial charge in [0.1, 0.15) is 11.3 Å². The van der Waals surface area contributed by atoms with Crippen molar-refractivity contribution in [3.05, 3.63) is 41.2 Å². The Balaban J connectivity index is 1.54. The third kappa shape index (κ3) is 2.58. The largest absolute Gasteiger partial charge is 0.493 e. The van der Waals surface area contributed by atoms with Crippen LogP contribution in [0.1, 0.15) is 35.4 Å². The van der Waals surface area contributed by atoms with E-state index < -0.39 is 0 Å². The van der Waals surface area contributed by atoms with Crippen LogP contribution in [0.4, 0.5) is 0 Å². The summed E-state index contributed by atoms with van der Waals surface area (Å²) in [7, 11) is 2.18. The van der Waals surface area contributed by atoms with Gasteiger partial charge in [0.05, 0.1) is 18.6 Å². The van der Waals surface area contributed by atoms with Gasteiger partial charge < -0.3 is 14.1 Å². The minimum atomic E-state index is 0.481. The highest BCUT2D eigenvalue weighted by Gasteiger charge is 2.24. The molecule has 3 aromatic rings. The lowest BCUT2D eigenvalue weighted by Crippen LogP contribution is -2.30. The maximum Gasteiger partial charge on any atom is 0.156 e. The molecular weight excluding hydrogens is 326 g/mol. The van der Waals surface area contributed by atoms with Gasteiger partial charge in [0.15, 0.2) is 5.58 Å². The number of hydrogen-bond donors (Lipinski definition) is 0. The number of fused-ring (bicyclic) bond motifs is 2. The molecule has 2 aliphatic rings. The third-order valence-electron chi connectivity index (χ3n) is 5.72. The summed E-state index contributed by atoms with van der Waals surface area (Å²) in [5.41, 5.74) is 7.32. The van der Waals surface area contributed by atoms with Gasteiger partial charge in [0.2, 0.25) is 0 Å². The standard InChI is InChI=1S/C21H23N3O2/c1-13-8-19-14(5-7-25-19)9-16(13)18-10-20-21(23-22-18)17(12-26-20)15-4-3-6-24(2)11-15/h8-10,12,15H,3-7,11H2,1-2H3. The molecule has 0 saturated carbocycles. The summed E-state index contributed by atoms with van der Waals surface area (Å²) in [5.74, 6) is 1.48. The molecule has 0 spiro atoms. The van der Waals surface area contributed by atoms with E-state index in [1.54, 1.807) is 0 Å². The number of benzene rings is 1.